The molecular formula is C11H12FN5O. The number of urea groups is 1. The molecule has 0 aliphatic heterocycles. The van der Waals surface area contributed by atoms with Gasteiger partial charge in [-0.25, -0.2) is 14.3 Å². The lowest BCUT2D eigenvalue weighted by Gasteiger charge is -2.05. The summed E-state index contributed by atoms with van der Waals surface area (Å²) in [7, 11) is 0. The summed E-state index contributed by atoms with van der Waals surface area (Å²) in [6, 6.07) is 5.79. The summed E-state index contributed by atoms with van der Waals surface area (Å²) in [5.41, 5.74) is 0.955. The van der Waals surface area contributed by atoms with E-state index in [4.69, 9.17) is 0 Å². The first-order valence-electron chi connectivity index (χ1n) is 5.39. The van der Waals surface area contributed by atoms with E-state index in [9.17, 15) is 9.18 Å². The van der Waals surface area contributed by atoms with Gasteiger partial charge in [-0.15, -0.1) is 0 Å². The lowest BCUT2D eigenvalue weighted by atomic mass is 10.1. The van der Waals surface area contributed by atoms with Crippen molar-refractivity contribution in [2.45, 2.75) is 6.42 Å². The minimum Gasteiger partial charge on any atom is -0.337 e. The topological polar surface area (TPSA) is 82.7 Å². The predicted molar refractivity (Wildman–Crippen MR) is 63.5 cm³/mol. The number of hydrogen-bond donors (Lipinski definition) is 3. The van der Waals surface area contributed by atoms with Gasteiger partial charge in [0.1, 0.15) is 12.1 Å². The Kier molecular flexibility index (Phi) is 3.85. The number of carbonyl (C=O) groups excluding carboxylic acids is 1. The molecule has 0 spiro atoms. The van der Waals surface area contributed by atoms with Crippen molar-refractivity contribution in [3.8, 4) is 0 Å². The number of anilines is 1. The molecule has 94 valence electrons. The maximum absolute atomic E-state index is 12.7. The van der Waals surface area contributed by atoms with Crippen LogP contribution in [0.15, 0.2) is 30.6 Å². The first-order valence-corrected chi connectivity index (χ1v) is 5.39. The number of H-pyrrole nitrogens is 1. The fraction of sp³-hybridized carbons (Fsp3) is 0.182. The SMILES string of the molecule is O=C(NCCc1ccc(F)cc1)Nc1ncn[nH]1. The zero-order valence-electron chi connectivity index (χ0n) is 9.48. The second-order valence-corrected chi connectivity index (χ2v) is 3.59. The molecule has 2 aromatic rings. The lowest BCUT2D eigenvalue weighted by molar-refractivity contribution is 0.252. The van der Waals surface area contributed by atoms with Crippen LogP contribution in [0.1, 0.15) is 5.56 Å². The van der Waals surface area contributed by atoms with Gasteiger partial charge in [0.05, 0.1) is 0 Å². The van der Waals surface area contributed by atoms with Gasteiger partial charge in [0, 0.05) is 6.54 Å². The normalized spacial score (nSPS) is 10.1. The fourth-order valence-corrected chi connectivity index (χ4v) is 1.39. The van der Waals surface area contributed by atoms with Crippen LogP contribution in [0.2, 0.25) is 0 Å². The van der Waals surface area contributed by atoms with Gasteiger partial charge in [-0.3, -0.25) is 5.32 Å². The van der Waals surface area contributed by atoms with Crippen molar-refractivity contribution in [2.24, 2.45) is 0 Å². The summed E-state index contributed by atoms with van der Waals surface area (Å²) in [5.74, 6) is 0.0176. The van der Waals surface area contributed by atoms with Gasteiger partial charge >= 0.3 is 6.03 Å². The molecule has 0 aliphatic carbocycles. The molecule has 0 atom stereocenters. The lowest BCUT2D eigenvalue weighted by Crippen LogP contribution is -2.30. The number of aromatic nitrogens is 3. The molecule has 0 saturated heterocycles. The van der Waals surface area contributed by atoms with Gasteiger partial charge in [0.2, 0.25) is 5.95 Å². The highest BCUT2D eigenvalue weighted by Gasteiger charge is 2.02. The summed E-state index contributed by atoms with van der Waals surface area (Å²) in [5, 5.41) is 11.2. The average Bonchev–Trinajstić information content (AvgIpc) is 2.84. The first-order chi connectivity index (χ1) is 8.74. The van der Waals surface area contributed by atoms with Crippen LogP contribution in [0.4, 0.5) is 15.1 Å². The quantitative estimate of drug-likeness (QED) is 0.764. The molecule has 0 fully saturated rings. The molecule has 0 radical (unpaired) electrons. The Hall–Kier alpha value is -2.44. The van der Waals surface area contributed by atoms with Crippen LogP contribution in [0.5, 0.6) is 0 Å². The fourth-order valence-electron chi connectivity index (χ4n) is 1.39. The molecule has 0 unspecified atom stereocenters. The van der Waals surface area contributed by atoms with Crippen LogP contribution < -0.4 is 10.6 Å². The molecular weight excluding hydrogens is 237 g/mol. The van der Waals surface area contributed by atoms with Crippen molar-refractivity contribution in [3.63, 3.8) is 0 Å². The molecule has 1 aromatic carbocycles. The van der Waals surface area contributed by atoms with Crippen LogP contribution in [0.3, 0.4) is 0 Å². The van der Waals surface area contributed by atoms with Crippen molar-refractivity contribution < 1.29 is 9.18 Å². The highest BCUT2D eigenvalue weighted by Crippen LogP contribution is 2.02. The molecule has 1 heterocycles. The summed E-state index contributed by atoms with van der Waals surface area (Å²) >= 11 is 0. The van der Waals surface area contributed by atoms with E-state index in [1.807, 2.05) is 0 Å². The maximum atomic E-state index is 12.7. The molecule has 18 heavy (non-hydrogen) atoms. The number of carbonyl (C=O) groups is 1. The van der Waals surface area contributed by atoms with E-state index in [-0.39, 0.29) is 17.8 Å². The number of amides is 2. The van der Waals surface area contributed by atoms with E-state index < -0.39 is 0 Å². The van der Waals surface area contributed by atoms with Gasteiger partial charge in [-0.1, -0.05) is 12.1 Å². The number of rotatable bonds is 4. The third kappa shape index (κ3) is 3.55. The Morgan fingerprint density at radius 1 is 1.33 bits per heavy atom. The highest BCUT2D eigenvalue weighted by atomic mass is 19.1. The number of nitrogens with one attached hydrogen (secondary N) is 3. The number of benzene rings is 1. The Labute approximate surface area is 103 Å². The Balaban J connectivity index is 1.72. The molecule has 0 saturated carbocycles. The van der Waals surface area contributed by atoms with Crippen molar-refractivity contribution in [1.82, 2.24) is 20.5 Å². The van der Waals surface area contributed by atoms with Crippen molar-refractivity contribution >= 4 is 12.0 Å². The summed E-state index contributed by atoms with van der Waals surface area (Å²) in [6.07, 6.45) is 1.93. The minimum atomic E-state index is -0.367. The van der Waals surface area contributed by atoms with E-state index >= 15 is 0 Å². The molecule has 3 N–H and O–H groups in total. The largest absolute Gasteiger partial charge is 0.337 e. The maximum Gasteiger partial charge on any atom is 0.321 e. The summed E-state index contributed by atoms with van der Waals surface area (Å²) in [6.45, 7) is 0.450. The predicted octanol–water partition coefficient (Wildman–Crippen LogP) is 1.31. The van der Waals surface area contributed by atoms with Crippen LogP contribution in [-0.4, -0.2) is 27.8 Å². The van der Waals surface area contributed by atoms with Gasteiger partial charge in [-0.2, -0.15) is 10.1 Å². The highest BCUT2D eigenvalue weighted by molar-refractivity contribution is 5.87. The molecule has 6 nitrogen and oxygen atoms in total. The second kappa shape index (κ2) is 5.76. The average molecular weight is 249 g/mol. The Morgan fingerprint density at radius 3 is 2.78 bits per heavy atom. The van der Waals surface area contributed by atoms with Crippen molar-refractivity contribution in [3.05, 3.63) is 42.0 Å². The smallest absolute Gasteiger partial charge is 0.321 e. The molecule has 0 bridgehead atoms. The number of nitrogens with zero attached hydrogens (tertiary/aromatic N) is 2. The first kappa shape index (κ1) is 12.0. The molecule has 7 heteroatoms. The van der Waals surface area contributed by atoms with Crippen LogP contribution in [0, 0.1) is 5.82 Å². The van der Waals surface area contributed by atoms with E-state index in [1.54, 1.807) is 12.1 Å². The zero-order valence-corrected chi connectivity index (χ0v) is 9.48. The third-order valence-electron chi connectivity index (χ3n) is 2.26. The van der Waals surface area contributed by atoms with Gasteiger partial charge in [0.15, 0.2) is 0 Å². The Bertz CT molecular complexity index is 497. The summed E-state index contributed by atoms with van der Waals surface area (Å²) in [4.78, 5) is 15.1. The molecule has 2 amide bonds. The second-order valence-electron chi connectivity index (χ2n) is 3.59. The van der Waals surface area contributed by atoms with Crippen LogP contribution in [0.25, 0.3) is 0 Å². The van der Waals surface area contributed by atoms with E-state index in [1.165, 1.54) is 18.5 Å². The van der Waals surface area contributed by atoms with Crippen LogP contribution in [-0.2, 0) is 6.42 Å². The number of aromatic amines is 1. The minimum absolute atomic E-state index is 0.269. The molecule has 2 rings (SSSR count). The van der Waals surface area contributed by atoms with E-state index in [2.05, 4.69) is 25.8 Å². The van der Waals surface area contributed by atoms with E-state index in [0.717, 1.165) is 5.56 Å². The van der Waals surface area contributed by atoms with E-state index in [0.29, 0.717) is 13.0 Å². The van der Waals surface area contributed by atoms with Crippen molar-refractivity contribution in [2.75, 3.05) is 11.9 Å². The van der Waals surface area contributed by atoms with Gasteiger partial charge in [0.25, 0.3) is 0 Å². The molecule has 1 aromatic heterocycles. The van der Waals surface area contributed by atoms with Crippen molar-refractivity contribution in [1.29, 1.82) is 0 Å². The monoisotopic (exact) mass is 249 g/mol. The molecule has 0 aliphatic rings. The summed E-state index contributed by atoms with van der Waals surface area (Å²) < 4.78 is 12.7. The van der Waals surface area contributed by atoms with Gasteiger partial charge in [-0.05, 0) is 24.1 Å². The zero-order chi connectivity index (χ0) is 12.8. The van der Waals surface area contributed by atoms with Gasteiger partial charge < -0.3 is 5.32 Å². The Morgan fingerprint density at radius 2 is 2.11 bits per heavy atom. The third-order valence-corrected chi connectivity index (χ3v) is 2.26. The standard InChI is InChI=1S/C11H12FN5O/c12-9-3-1-8(2-4-9)5-6-13-11(18)16-10-14-7-15-17-10/h1-4,7H,5-6H2,(H3,13,14,15,16,17,18). The van der Waals surface area contributed by atoms with Crippen LogP contribution >= 0.6 is 0 Å². The number of halogens is 1. The number of hydrogen-bond acceptors (Lipinski definition) is 3.